The number of carbonyl (C=O) groups excluding carboxylic acids is 1. The van der Waals surface area contributed by atoms with Crippen LogP contribution in [0, 0.1) is 0 Å². The Hall–Kier alpha value is -1.78. The molecule has 2 heterocycles. The summed E-state index contributed by atoms with van der Waals surface area (Å²) in [5.41, 5.74) is 1.39. The summed E-state index contributed by atoms with van der Waals surface area (Å²) < 4.78 is 5.27. The fraction of sp³-hybridized carbons (Fsp3) is 0.450. The van der Waals surface area contributed by atoms with E-state index in [4.69, 9.17) is 4.42 Å². The van der Waals surface area contributed by atoms with Crippen molar-refractivity contribution in [2.24, 2.45) is 0 Å². The van der Waals surface area contributed by atoms with Gasteiger partial charge in [-0.1, -0.05) is 30.3 Å². The summed E-state index contributed by atoms with van der Waals surface area (Å²) in [6, 6.07) is 14.7. The van der Waals surface area contributed by atoms with E-state index >= 15 is 0 Å². The van der Waals surface area contributed by atoms with Gasteiger partial charge in [-0.25, -0.2) is 0 Å². The molecule has 0 N–H and O–H groups in total. The maximum absolute atomic E-state index is 12.5. The summed E-state index contributed by atoms with van der Waals surface area (Å²) in [4.78, 5) is 17.0. The van der Waals surface area contributed by atoms with Crippen LogP contribution < -0.4 is 0 Å². The van der Waals surface area contributed by atoms with Crippen molar-refractivity contribution in [1.29, 1.82) is 0 Å². The molecule has 0 aliphatic carbocycles. The summed E-state index contributed by atoms with van der Waals surface area (Å²) >= 11 is 0. The highest BCUT2D eigenvalue weighted by Crippen LogP contribution is 2.19. The number of halogens is 1. The SMILES string of the molecule is C[C@@H]1CN(C(=O)c2ccco2)[C@@H](C)CN1CCCc1ccccc1.Cl. The lowest BCUT2D eigenvalue weighted by Crippen LogP contribution is -2.58. The second-order valence-electron chi connectivity index (χ2n) is 6.72. The van der Waals surface area contributed by atoms with Gasteiger partial charge in [0.25, 0.3) is 5.91 Å². The number of furan rings is 1. The van der Waals surface area contributed by atoms with E-state index in [1.54, 1.807) is 18.4 Å². The predicted octanol–water partition coefficient (Wildman–Crippen LogP) is 3.87. The first-order valence-corrected chi connectivity index (χ1v) is 8.77. The number of benzene rings is 1. The van der Waals surface area contributed by atoms with Gasteiger partial charge in [-0.2, -0.15) is 0 Å². The largest absolute Gasteiger partial charge is 0.459 e. The molecule has 25 heavy (non-hydrogen) atoms. The van der Waals surface area contributed by atoms with Crippen molar-refractivity contribution in [3.05, 3.63) is 60.1 Å². The highest BCUT2D eigenvalue weighted by Gasteiger charge is 2.32. The summed E-state index contributed by atoms with van der Waals surface area (Å²) in [7, 11) is 0. The van der Waals surface area contributed by atoms with E-state index in [1.165, 1.54) is 5.56 Å². The van der Waals surface area contributed by atoms with Gasteiger partial charge in [0.2, 0.25) is 0 Å². The molecule has 0 radical (unpaired) electrons. The third-order valence-electron chi connectivity index (χ3n) is 4.86. The second kappa shape index (κ2) is 9.07. The lowest BCUT2D eigenvalue weighted by Gasteiger charge is -2.44. The fourth-order valence-corrected chi connectivity index (χ4v) is 3.47. The third kappa shape index (κ3) is 4.86. The van der Waals surface area contributed by atoms with Gasteiger partial charge in [0, 0.05) is 25.2 Å². The Morgan fingerprint density at radius 1 is 1.08 bits per heavy atom. The Morgan fingerprint density at radius 3 is 2.52 bits per heavy atom. The molecule has 2 aromatic rings. The van der Waals surface area contributed by atoms with E-state index < -0.39 is 0 Å². The molecule has 1 fully saturated rings. The highest BCUT2D eigenvalue weighted by molar-refractivity contribution is 5.91. The van der Waals surface area contributed by atoms with Crippen molar-refractivity contribution in [1.82, 2.24) is 9.80 Å². The molecule has 4 nitrogen and oxygen atoms in total. The fourth-order valence-electron chi connectivity index (χ4n) is 3.47. The molecule has 1 amide bonds. The first-order chi connectivity index (χ1) is 11.6. The van der Waals surface area contributed by atoms with Crippen molar-refractivity contribution in [3.8, 4) is 0 Å². The number of amides is 1. The summed E-state index contributed by atoms with van der Waals surface area (Å²) in [5.74, 6) is 0.440. The maximum atomic E-state index is 12.5. The van der Waals surface area contributed by atoms with Gasteiger partial charge >= 0.3 is 0 Å². The minimum atomic E-state index is 0. The minimum Gasteiger partial charge on any atom is -0.459 e. The number of hydrogen-bond donors (Lipinski definition) is 0. The summed E-state index contributed by atoms with van der Waals surface area (Å²) in [6.45, 7) is 7.07. The molecule has 1 aliphatic rings. The minimum absolute atomic E-state index is 0. The average Bonchev–Trinajstić information content (AvgIpc) is 3.12. The molecular formula is C20H27ClN2O2. The second-order valence-corrected chi connectivity index (χ2v) is 6.72. The van der Waals surface area contributed by atoms with Crippen molar-refractivity contribution in [3.63, 3.8) is 0 Å². The Kier molecular flexibility index (Phi) is 7.09. The lowest BCUT2D eigenvalue weighted by molar-refractivity contribution is 0.0290. The zero-order valence-corrected chi connectivity index (χ0v) is 15.7. The number of carbonyl (C=O) groups is 1. The van der Waals surface area contributed by atoms with E-state index in [-0.39, 0.29) is 24.4 Å². The van der Waals surface area contributed by atoms with E-state index in [9.17, 15) is 4.79 Å². The van der Waals surface area contributed by atoms with Gasteiger partial charge in [0.15, 0.2) is 5.76 Å². The zero-order chi connectivity index (χ0) is 16.9. The number of nitrogens with zero attached hydrogens (tertiary/aromatic N) is 2. The predicted molar refractivity (Wildman–Crippen MR) is 102 cm³/mol. The van der Waals surface area contributed by atoms with Crippen molar-refractivity contribution in [2.45, 2.75) is 38.8 Å². The first-order valence-electron chi connectivity index (χ1n) is 8.77. The molecule has 0 unspecified atom stereocenters. The first kappa shape index (κ1) is 19.5. The smallest absolute Gasteiger partial charge is 0.289 e. The number of piperazine rings is 1. The van der Waals surface area contributed by atoms with Gasteiger partial charge in [0.1, 0.15) is 0 Å². The van der Waals surface area contributed by atoms with Crippen LogP contribution in [0.15, 0.2) is 53.1 Å². The van der Waals surface area contributed by atoms with Crippen LogP contribution in [0.3, 0.4) is 0 Å². The quantitative estimate of drug-likeness (QED) is 0.810. The van der Waals surface area contributed by atoms with Crippen molar-refractivity contribution < 1.29 is 9.21 Å². The van der Waals surface area contributed by atoms with Gasteiger partial charge in [-0.05, 0) is 50.9 Å². The molecule has 0 bridgehead atoms. The Labute approximate surface area is 156 Å². The molecule has 2 atom stereocenters. The lowest BCUT2D eigenvalue weighted by atomic mass is 10.1. The maximum Gasteiger partial charge on any atom is 0.289 e. The monoisotopic (exact) mass is 362 g/mol. The van der Waals surface area contributed by atoms with Crippen LogP contribution in [0.4, 0.5) is 0 Å². The number of aryl methyl sites for hydroxylation is 1. The number of hydrogen-bond acceptors (Lipinski definition) is 3. The Balaban J connectivity index is 0.00000225. The molecule has 0 spiro atoms. The molecular weight excluding hydrogens is 336 g/mol. The average molecular weight is 363 g/mol. The van der Waals surface area contributed by atoms with E-state index in [1.807, 2.05) is 4.90 Å². The molecule has 1 aromatic heterocycles. The third-order valence-corrected chi connectivity index (χ3v) is 4.86. The van der Waals surface area contributed by atoms with E-state index in [0.717, 1.165) is 32.5 Å². The normalized spacial score (nSPS) is 21.0. The summed E-state index contributed by atoms with van der Waals surface area (Å²) in [6.07, 6.45) is 3.81. The zero-order valence-electron chi connectivity index (χ0n) is 14.9. The van der Waals surface area contributed by atoms with E-state index in [2.05, 4.69) is 49.1 Å². The van der Waals surface area contributed by atoms with Crippen LogP contribution in [0.5, 0.6) is 0 Å². The topological polar surface area (TPSA) is 36.7 Å². The van der Waals surface area contributed by atoms with Gasteiger partial charge in [-0.3, -0.25) is 9.69 Å². The van der Waals surface area contributed by atoms with Crippen LogP contribution in [-0.2, 0) is 6.42 Å². The Bertz CT molecular complexity index is 645. The van der Waals surface area contributed by atoms with Gasteiger partial charge in [0.05, 0.1) is 6.26 Å². The molecule has 3 rings (SSSR count). The number of rotatable bonds is 5. The highest BCUT2D eigenvalue weighted by atomic mass is 35.5. The molecule has 136 valence electrons. The summed E-state index contributed by atoms with van der Waals surface area (Å²) in [5, 5.41) is 0. The van der Waals surface area contributed by atoms with Crippen LogP contribution in [0.25, 0.3) is 0 Å². The van der Waals surface area contributed by atoms with Crippen LogP contribution in [-0.4, -0.2) is 47.4 Å². The van der Waals surface area contributed by atoms with Gasteiger partial charge in [-0.15, -0.1) is 12.4 Å². The van der Waals surface area contributed by atoms with Gasteiger partial charge < -0.3 is 9.32 Å². The molecule has 5 heteroatoms. The molecule has 0 saturated carbocycles. The van der Waals surface area contributed by atoms with E-state index in [0.29, 0.717) is 11.8 Å². The van der Waals surface area contributed by atoms with Crippen LogP contribution >= 0.6 is 12.4 Å². The molecule has 1 aliphatic heterocycles. The molecule has 1 saturated heterocycles. The Morgan fingerprint density at radius 2 is 1.84 bits per heavy atom. The van der Waals surface area contributed by atoms with Crippen LogP contribution in [0.2, 0.25) is 0 Å². The van der Waals surface area contributed by atoms with Crippen molar-refractivity contribution >= 4 is 18.3 Å². The van der Waals surface area contributed by atoms with Crippen molar-refractivity contribution in [2.75, 3.05) is 19.6 Å². The van der Waals surface area contributed by atoms with Crippen LogP contribution in [0.1, 0.15) is 36.4 Å². The molecule has 1 aromatic carbocycles. The standard InChI is InChI=1S/C20H26N2O2.ClH/c1-16-15-22(20(23)19-11-7-13-24-19)17(2)14-21(16)12-6-10-18-8-4-3-5-9-18;/h3-5,7-9,11,13,16-17H,6,10,12,14-15H2,1-2H3;1H/t16-,17+;/m1./s1.